The first-order valence-electron chi connectivity index (χ1n) is 7.60. The Hall–Kier alpha value is -1.55. The molecule has 0 radical (unpaired) electrons. The van der Waals surface area contributed by atoms with E-state index in [1.54, 1.807) is 0 Å². The van der Waals surface area contributed by atoms with Crippen molar-refractivity contribution in [3.05, 3.63) is 35.4 Å². The fraction of sp³-hybridized carbons (Fsp3) is 0.562. The fourth-order valence-corrected chi connectivity index (χ4v) is 2.75. The molecule has 4 heteroatoms. The highest BCUT2D eigenvalue weighted by Crippen LogP contribution is 2.16. The molecule has 1 heterocycles. The lowest BCUT2D eigenvalue weighted by Gasteiger charge is -2.25. The lowest BCUT2D eigenvalue weighted by atomic mass is 10.0. The molecule has 1 aromatic rings. The van der Waals surface area contributed by atoms with Gasteiger partial charge in [-0.1, -0.05) is 43.5 Å². The molecule has 110 valence electrons. The van der Waals surface area contributed by atoms with Crippen molar-refractivity contribution in [2.24, 2.45) is 16.5 Å². The van der Waals surface area contributed by atoms with Gasteiger partial charge in [0.05, 0.1) is 6.54 Å². The van der Waals surface area contributed by atoms with Crippen LogP contribution in [-0.4, -0.2) is 23.9 Å². The molecule has 4 nitrogen and oxygen atoms in total. The molecule has 0 atom stereocenters. The minimum atomic E-state index is 0.158. The zero-order valence-electron chi connectivity index (χ0n) is 12.2. The number of hydrogen-bond donors (Lipinski definition) is 2. The van der Waals surface area contributed by atoms with E-state index in [0.717, 1.165) is 6.54 Å². The maximum absolute atomic E-state index is 5.43. The summed E-state index contributed by atoms with van der Waals surface area (Å²) < 4.78 is 0. The van der Waals surface area contributed by atoms with Crippen molar-refractivity contribution in [3.8, 4) is 0 Å². The summed E-state index contributed by atoms with van der Waals surface area (Å²) in [6, 6.07) is 8.45. The number of rotatable bonds is 4. The van der Waals surface area contributed by atoms with Crippen molar-refractivity contribution < 1.29 is 0 Å². The number of aliphatic imine (C=N–C) groups is 1. The van der Waals surface area contributed by atoms with Crippen molar-refractivity contribution in [3.63, 3.8) is 0 Å². The standard InChI is InChI=1S/C16H26N4/c17-16(18)19-12-14-8-4-5-9-15(14)13-20-10-6-2-1-3-7-11-20/h4-5,8-9H,1-3,6-7,10-13H2,(H4,17,18,19). The Labute approximate surface area is 121 Å². The summed E-state index contributed by atoms with van der Waals surface area (Å²) in [4.78, 5) is 6.70. The van der Waals surface area contributed by atoms with Crippen LogP contribution in [0, 0.1) is 0 Å². The number of benzene rings is 1. The summed E-state index contributed by atoms with van der Waals surface area (Å²) in [5, 5.41) is 0. The van der Waals surface area contributed by atoms with Gasteiger partial charge in [-0.25, -0.2) is 4.99 Å². The van der Waals surface area contributed by atoms with Crippen LogP contribution in [0.15, 0.2) is 29.3 Å². The molecular weight excluding hydrogens is 248 g/mol. The first-order valence-corrected chi connectivity index (χ1v) is 7.60. The zero-order chi connectivity index (χ0) is 14.2. The Morgan fingerprint density at radius 2 is 1.55 bits per heavy atom. The van der Waals surface area contributed by atoms with E-state index in [1.807, 2.05) is 0 Å². The smallest absolute Gasteiger partial charge is 0.186 e. The molecule has 1 fully saturated rings. The normalized spacial score (nSPS) is 17.2. The second kappa shape index (κ2) is 7.90. The molecule has 1 saturated heterocycles. The molecule has 0 aromatic heterocycles. The Bertz CT molecular complexity index is 430. The van der Waals surface area contributed by atoms with Crippen molar-refractivity contribution >= 4 is 5.96 Å². The van der Waals surface area contributed by atoms with Crippen LogP contribution in [0.3, 0.4) is 0 Å². The van der Waals surface area contributed by atoms with Gasteiger partial charge in [-0.2, -0.15) is 0 Å². The first kappa shape index (κ1) is 14.9. The highest BCUT2D eigenvalue weighted by molar-refractivity contribution is 5.75. The summed E-state index contributed by atoms with van der Waals surface area (Å²) in [5.74, 6) is 0.158. The molecular formula is C16H26N4. The van der Waals surface area contributed by atoms with Crippen LogP contribution in [0.4, 0.5) is 0 Å². The van der Waals surface area contributed by atoms with Gasteiger partial charge in [-0.15, -0.1) is 0 Å². The van der Waals surface area contributed by atoms with E-state index in [0.29, 0.717) is 6.54 Å². The van der Waals surface area contributed by atoms with E-state index in [1.165, 1.54) is 56.3 Å². The summed E-state index contributed by atoms with van der Waals surface area (Å²) in [7, 11) is 0. The second-order valence-corrected chi connectivity index (χ2v) is 5.55. The average Bonchev–Trinajstić information content (AvgIpc) is 2.40. The molecule has 0 spiro atoms. The summed E-state index contributed by atoms with van der Waals surface area (Å²) in [6.07, 6.45) is 6.76. The first-order chi connectivity index (χ1) is 9.75. The van der Waals surface area contributed by atoms with E-state index in [4.69, 9.17) is 11.5 Å². The Morgan fingerprint density at radius 3 is 2.20 bits per heavy atom. The number of nitrogens with zero attached hydrogens (tertiary/aromatic N) is 2. The van der Waals surface area contributed by atoms with E-state index in [-0.39, 0.29) is 5.96 Å². The topological polar surface area (TPSA) is 67.6 Å². The molecule has 0 amide bonds. The molecule has 4 N–H and O–H groups in total. The van der Waals surface area contributed by atoms with E-state index < -0.39 is 0 Å². The minimum absolute atomic E-state index is 0.158. The van der Waals surface area contributed by atoms with Gasteiger partial charge in [-0.3, -0.25) is 4.90 Å². The number of hydrogen-bond acceptors (Lipinski definition) is 2. The van der Waals surface area contributed by atoms with Gasteiger partial charge in [0.2, 0.25) is 0 Å². The Morgan fingerprint density at radius 1 is 0.950 bits per heavy atom. The van der Waals surface area contributed by atoms with Crippen LogP contribution in [0.1, 0.15) is 43.2 Å². The molecule has 0 saturated carbocycles. The molecule has 1 aliphatic heterocycles. The van der Waals surface area contributed by atoms with Gasteiger partial charge in [0.15, 0.2) is 5.96 Å². The predicted molar refractivity (Wildman–Crippen MR) is 84.3 cm³/mol. The maximum atomic E-state index is 5.43. The van der Waals surface area contributed by atoms with Crippen LogP contribution < -0.4 is 11.5 Å². The van der Waals surface area contributed by atoms with Crippen LogP contribution in [-0.2, 0) is 13.1 Å². The van der Waals surface area contributed by atoms with Crippen molar-refractivity contribution in [2.45, 2.75) is 45.2 Å². The van der Waals surface area contributed by atoms with E-state index in [2.05, 4.69) is 34.2 Å². The largest absolute Gasteiger partial charge is 0.370 e. The molecule has 0 bridgehead atoms. The van der Waals surface area contributed by atoms with Gasteiger partial charge in [-0.05, 0) is 37.1 Å². The van der Waals surface area contributed by atoms with E-state index >= 15 is 0 Å². The average molecular weight is 274 g/mol. The molecule has 1 aliphatic rings. The fourth-order valence-electron chi connectivity index (χ4n) is 2.75. The molecule has 2 rings (SSSR count). The maximum Gasteiger partial charge on any atom is 0.186 e. The molecule has 20 heavy (non-hydrogen) atoms. The van der Waals surface area contributed by atoms with Crippen molar-refractivity contribution in [2.75, 3.05) is 13.1 Å². The van der Waals surface area contributed by atoms with E-state index in [9.17, 15) is 0 Å². The van der Waals surface area contributed by atoms with Crippen LogP contribution in [0.2, 0.25) is 0 Å². The van der Waals surface area contributed by atoms with Gasteiger partial charge >= 0.3 is 0 Å². The monoisotopic (exact) mass is 274 g/mol. The molecule has 0 unspecified atom stereocenters. The lowest BCUT2D eigenvalue weighted by molar-refractivity contribution is 0.239. The van der Waals surface area contributed by atoms with Crippen molar-refractivity contribution in [1.82, 2.24) is 4.90 Å². The van der Waals surface area contributed by atoms with Gasteiger partial charge in [0.25, 0.3) is 0 Å². The number of guanidine groups is 1. The zero-order valence-corrected chi connectivity index (χ0v) is 12.2. The summed E-state index contributed by atoms with van der Waals surface area (Å²) >= 11 is 0. The van der Waals surface area contributed by atoms with Crippen LogP contribution in [0.25, 0.3) is 0 Å². The Balaban J connectivity index is 2.01. The van der Waals surface area contributed by atoms with Gasteiger partial charge in [0.1, 0.15) is 0 Å². The Kier molecular flexibility index (Phi) is 5.87. The molecule has 0 aliphatic carbocycles. The third kappa shape index (κ3) is 4.85. The number of nitrogens with two attached hydrogens (primary N) is 2. The van der Waals surface area contributed by atoms with Gasteiger partial charge in [0, 0.05) is 6.54 Å². The van der Waals surface area contributed by atoms with Crippen LogP contribution in [0.5, 0.6) is 0 Å². The summed E-state index contributed by atoms with van der Waals surface area (Å²) in [6.45, 7) is 4.00. The molecule has 1 aromatic carbocycles. The van der Waals surface area contributed by atoms with Crippen molar-refractivity contribution in [1.29, 1.82) is 0 Å². The third-order valence-electron chi connectivity index (χ3n) is 3.89. The summed E-state index contributed by atoms with van der Waals surface area (Å²) in [5.41, 5.74) is 13.4. The minimum Gasteiger partial charge on any atom is -0.370 e. The van der Waals surface area contributed by atoms with Gasteiger partial charge < -0.3 is 11.5 Å². The van der Waals surface area contributed by atoms with Crippen LogP contribution >= 0.6 is 0 Å². The highest BCUT2D eigenvalue weighted by Gasteiger charge is 2.10. The highest BCUT2D eigenvalue weighted by atomic mass is 15.1. The number of likely N-dealkylation sites (tertiary alicyclic amines) is 1. The third-order valence-corrected chi connectivity index (χ3v) is 3.89. The lowest BCUT2D eigenvalue weighted by Crippen LogP contribution is -2.27. The predicted octanol–water partition coefficient (Wildman–Crippen LogP) is 2.23. The SMILES string of the molecule is NC(N)=NCc1ccccc1CN1CCCCCCC1. The quantitative estimate of drug-likeness (QED) is 0.653. The second-order valence-electron chi connectivity index (χ2n) is 5.55.